The third kappa shape index (κ3) is 4.38. The number of aliphatic hydroxyl groups is 1. The van der Waals surface area contributed by atoms with Gasteiger partial charge in [0.2, 0.25) is 5.91 Å². The molecular formula is C11H13NO4S. The van der Waals surface area contributed by atoms with Gasteiger partial charge >= 0.3 is 5.97 Å². The number of ether oxygens (including phenoxy) is 1. The minimum atomic E-state index is -1.03. The second-order valence-corrected chi connectivity index (χ2v) is 4.09. The Balaban J connectivity index is 2.51. The maximum Gasteiger partial charge on any atom is 0.330 e. The number of hydrogen-bond acceptors (Lipinski definition) is 5. The molecule has 5 nitrogen and oxygen atoms in total. The zero-order valence-electron chi connectivity index (χ0n) is 9.25. The van der Waals surface area contributed by atoms with Crippen LogP contribution in [-0.4, -0.2) is 36.7 Å². The van der Waals surface area contributed by atoms with Gasteiger partial charge in [0.05, 0.1) is 13.7 Å². The van der Waals surface area contributed by atoms with Crippen LogP contribution in [0.15, 0.2) is 23.6 Å². The molecule has 1 atom stereocenters. The Labute approximate surface area is 103 Å². The molecule has 17 heavy (non-hydrogen) atoms. The number of amides is 1. The Hall–Kier alpha value is -1.66. The molecule has 1 aromatic rings. The van der Waals surface area contributed by atoms with Crippen molar-refractivity contribution in [1.82, 2.24) is 5.32 Å². The Morgan fingerprint density at radius 3 is 2.94 bits per heavy atom. The highest BCUT2D eigenvalue weighted by Gasteiger charge is 2.18. The number of esters is 1. The largest absolute Gasteiger partial charge is 0.467 e. The summed E-state index contributed by atoms with van der Waals surface area (Å²) in [6.07, 6.45) is 2.93. The Morgan fingerprint density at radius 1 is 1.65 bits per heavy atom. The Morgan fingerprint density at radius 2 is 2.41 bits per heavy atom. The predicted octanol–water partition coefficient (Wildman–Crippen LogP) is 0.411. The van der Waals surface area contributed by atoms with E-state index in [1.165, 1.54) is 24.5 Å². The number of aliphatic hydroxyl groups excluding tert-OH is 1. The zero-order valence-corrected chi connectivity index (χ0v) is 10.1. The minimum absolute atomic E-state index is 0.456. The molecule has 6 heteroatoms. The van der Waals surface area contributed by atoms with Crippen LogP contribution >= 0.6 is 11.3 Å². The van der Waals surface area contributed by atoms with Crippen LogP contribution in [-0.2, 0) is 14.3 Å². The van der Waals surface area contributed by atoms with Gasteiger partial charge in [0.25, 0.3) is 0 Å². The van der Waals surface area contributed by atoms with Gasteiger partial charge < -0.3 is 15.2 Å². The average Bonchev–Trinajstić information content (AvgIpc) is 2.85. The Bertz CT molecular complexity index is 400. The number of thiophene rings is 1. The van der Waals surface area contributed by atoms with Crippen molar-refractivity contribution in [2.45, 2.75) is 6.04 Å². The summed E-state index contributed by atoms with van der Waals surface area (Å²) in [5.41, 5.74) is 0. The minimum Gasteiger partial charge on any atom is -0.467 e. The van der Waals surface area contributed by atoms with E-state index in [9.17, 15) is 9.59 Å². The number of carbonyl (C=O) groups excluding carboxylic acids is 2. The lowest BCUT2D eigenvalue weighted by molar-refractivity contribution is -0.145. The first-order chi connectivity index (χ1) is 8.17. The summed E-state index contributed by atoms with van der Waals surface area (Å²) < 4.78 is 4.42. The molecule has 0 unspecified atom stereocenters. The summed E-state index contributed by atoms with van der Waals surface area (Å²) in [7, 11) is 1.19. The molecule has 0 aliphatic carbocycles. The van der Waals surface area contributed by atoms with E-state index in [0.717, 1.165) is 4.88 Å². The van der Waals surface area contributed by atoms with Gasteiger partial charge in [0, 0.05) is 11.0 Å². The predicted molar refractivity (Wildman–Crippen MR) is 64.4 cm³/mol. The van der Waals surface area contributed by atoms with Crippen LogP contribution in [0.4, 0.5) is 0 Å². The van der Waals surface area contributed by atoms with Crippen molar-refractivity contribution in [3.63, 3.8) is 0 Å². The molecule has 1 rings (SSSR count). The maximum absolute atomic E-state index is 11.4. The van der Waals surface area contributed by atoms with Crippen LogP contribution in [0.5, 0.6) is 0 Å². The third-order valence-electron chi connectivity index (χ3n) is 1.93. The molecule has 0 radical (unpaired) electrons. The molecule has 0 aromatic carbocycles. The van der Waals surface area contributed by atoms with E-state index < -0.39 is 24.5 Å². The Kier molecular flexibility index (Phi) is 5.38. The van der Waals surface area contributed by atoms with E-state index >= 15 is 0 Å². The van der Waals surface area contributed by atoms with Crippen molar-refractivity contribution in [2.24, 2.45) is 0 Å². The van der Waals surface area contributed by atoms with Crippen LogP contribution in [0.3, 0.4) is 0 Å². The summed E-state index contributed by atoms with van der Waals surface area (Å²) >= 11 is 1.49. The first-order valence-corrected chi connectivity index (χ1v) is 5.76. The molecule has 2 N–H and O–H groups in total. The van der Waals surface area contributed by atoms with Gasteiger partial charge in [-0.05, 0) is 17.5 Å². The van der Waals surface area contributed by atoms with Crippen molar-refractivity contribution >= 4 is 29.3 Å². The maximum atomic E-state index is 11.4. The van der Waals surface area contributed by atoms with Crippen molar-refractivity contribution in [3.05, 3.63) is 28.5 Å². The van der Waals surface area contributed by atoms with Gasteiger partial charge in [0.1, 0.15) is 0 Å². The first-order valence-electron chi connectivity index (χ1n) is 4.88. The van der Waals surface area contributed by atoms with E-state index in [-0.39, 0.29) is 0 Å². The second kappa shape index (κ2) is 6.82. The summed E-state index contributed by atoms with van der Waals surface area (Å²) in [5, 5.41) is 13.1. The summed E-state index contributed by atoms with van der Waals surface area (Å²) in [4.78, 5) is 23.4. The number of methoxy groups -OCH3 is 1. The third-order valence-corrected chi connectivity index (χ3v) is 2.76. The van der Waals surface area contributed by atoms with Crippen molar-refractivity contribution in [3.8, 4) is 0 Å². The van der Waals surface area contributed by atoms with E-state index in [1.54, 1.807) is 6.08 Å². The average molecular weight is 255 g/mol. The van der Waals surface area contributed by atoms with Crippen LogP contribution in [0.1, 0.15) is 4.88 Å². The highest BCUT2D eigenvalue weighted by molar-refractivity contribution is 7.10. The van der Waals surface area contributed by atoms with Crippen molar-refractivity contribution < 1.29 is 19.4 Å². The monoisotopic (exact) mass is 255 g/mol. The van der Waals surface area contributed by atoms with E-state index in [4.69, 9.17) is 5.11 Å². The lowest BCUT2D eigenvalue weighted by Crippen LogP contribution is -2.43. The van der Waals surface area contributed by atoms with Gasteiger partial charge in [0.15, 0.2) is 6.04 Å². The fourth-order valence-corrected chi connectivity index (χ4v) is 1.70. The first kappa shape index (κ1) is 13.4. The fraction of sp³-hybridized carbons (Fsp3) is 0.273. The summed E-state index contributed by atoms with van der Waals surface area (Å²) in [5.74, 6) is -1.13. The second-order valence-electron chi connectivity index (χ2n) is 3.12. The topological polar surface area (TPSA) is 75.6 Å². The standard InChI is InChI=1S/C11H13NO4S/c1-16-11(15)9(7-13)12-10(14)5-4-8-3-2-6-17-8/h2-6,9,13H,7H2,1H3,(H,12,14)/b5-4+/t9-/m0/s1. The van der Waals surface area contributed by atoms with Crippen molar-refractivity contribution in [2.75, 3.05) is 13.7 Å². The van der Waals surface area contributed by atoms with Crippen LogP contribution in [0.2, 0.25) is 0 Å². The molecule has 0 saturated carbocycles. The highest BCUT2D eigenvalue weighted by atomic mass is 32.1. The number of hydrogen-bond donors (Lipinski definition) is 2. The van der Waals surface area contributed by atoms with Gasteiger partial charge in [-0.1, -0.05) is 6.07 Å². The molecule has 0 saturated heterocycles. The summed E-state index contributed by atoms with van der Waals surface area (Å²) in [6.45, 7) is -0.495. The van der Waals surface area contributed by atoms with Gasteiger partial charge in [-0.2, -0.15) is 0 Å². The summed E-state index contributed by atoms with van der Waals surface area (Å²) in [6, 6.07) is 2.70. The molecule has 0 bridgehead atoms. The smallest absolute Gasteiger partial charge is 0.330 e. The number of carbonyl (C=O) groups is 2. The lowest BCUT2D eigenvalue weighted by Gasteiger charge is -2.11. The molecule has 92 valence electrons. The molecule has 0 spiro atoms. The number of nitrogens with one attached hydrogen (secondary N) is 1. The lowest BCUT2D eigenvalue weighted by atomic mass is 10.3. The molecule has 1 amide bonds. The molecule has 0 fully saturated rings. The quantitative estimate of drug-likeness (QED) is 0.590. The van der Waals surface area contributed by atoms with Crippen LogP contribution < -0.4 is 5.32 Å². The normalized spacial score (nSPS) is 12.4. The van der Waals surface area contributed by atoms with Crippen molar-refractivity contribution in [1.29, 1.82) is 0 Å². The molecule has 1 heterocycles. The molecule has 0 aliphatic rings. The van der Waals surface area contributed by atoms with Gasteiger partial charge in [-0.15, -0.1) is 11.3 Å². The van der Waals surface area contributed by atoms with E-state index in [1.807, 2.05) is 17.5 Å². The molecular weight excluding hydrogens is 242 g/mol. The molecule has 0 aliphatic heterocycles. The van der Waals surface area contributed by atoms with E-state index in [2.05, 4.69) is 10.1 Å². The van der Waals surface area contributed by atoms with E-state index in [0.29, 0.717) is 0 Å². The van der Waals surface area contributed by atoms with Crippen LogP contribution in [0.25, 0.3) is 6.08 Å². The highest BCUT2D eigenvalue weighted by Crippen LogP contribution is 2.09. The SMILES string of the molecule is COC(=O)[C@H](CO)NC(=O)/C=C/c1cccs1. The van der Waals surface area contributed by atoms with Gasteiger partial charge in [-0.3, -0.25) is 4.79 Å². The molecule has 1 aromatic heterocycles. The zero-order chi connectivity index (χ0) is 12.7. The van der Waals surface area contributed by atoms with Gasteiger partial charge in [-0.25, -0.2) is 4.79 Å². The fourth-order valence-electron chi connectivity index (χ4n) is 1.09. The van der Waals surface area contributed by atoms with Crippen LogP contribution in [0, 0.1) is 0 Å². The number of rotatable bonds is 5.